The molecule has 2 aliphatic rings. The van der Waals surface area contributed by atoms with Crippen molar-refractivity contribution in [3.8, 4) is 0 Å². The molecule has 0 aliphatic carbocycles. The van der Waals surface area contributed by atoms with Gasteiger partial charge in [0.1, 0.15) is 5.82 Å². The molecule has 1 aromatic heterocycles. The minimum absolute atomic E-state index is 0.145. The van der Waals surface area contributed by atoms with Crippen molar-refractivity contribution in [2.75, 3.05) is 23.8 Å². The van der Waals surface area contributed by atoms with Crippen LogP contribution in [0.2, 0.25) is 5.02 Å². The number of hydrogen-bond donors (Lipinski definition) is 2. The molecule has 0 amide bonds. The van der Waals surface area contributed by atoms with Crippen LogP contribution in [0.25, 0.3) is 11.0 Å². The van der Waals surface area contributed by atoms with E-state index < -0.39 is 0 Å². The number of anilines is 1. The zero-order chi connectivity index (χ0) is 19.6. The lowest BCUT2D eigenvalue weighted by Crippen LogP contribution is -2.60. The molecule has 4 N–H and O–H groups in total. The quantitative estimate of drug-likeness (QED) is 0.670. The molecule has 28 heavy (non-hydrogen) atoms. The first kappa shape index (κ1) is 17.0. The van der Waals surface area contributed by atoms with Crippen molar-refractivity contribution in [2.24, 2.45) is 5.73 Å². The number of nitrogens with two attached hydrogens (primary N) is 2. The second kappa shape index (κ2) is 5.69. The second-order valence-electron chi connectivity index (χ2n) is 7.51. The second-order valence-corrected chi connectivity index (χ2v) is 7.95. The van der Waals surface area contributed by atoms with Crippen molar-refractivity contribution in [1.82, 2.24) is 14.6 Å². The van der Waals surface area contributed by atoms with Gasteiger partial charge in [-0.15, -0.1) is 0 Å². The van der Waals surface area contributed by atoms with Crippen LogP contribution < -0.4 is 16.5 Å². The number of nitrogen functional groups attached to an aromatic ring is 1. The molecule has 2 aromatic carbocycles. The fourth-order valence-electron chi connectivity index (χ4n) is 4.38. The maximum atomic E-state index is 6.33. The third kappa shape index (κ3) is 2.18. The van der Waals surface area contributed by atoms with Gasteiger partial charge in [0.25, 0.3) is 0 Å². The number of likely N-dealkylation sites (tertiary alicyclic amines) is 1. The minimum atomic E-state index is -0.145. The Labute approximate surface area is 168 Å². The number of fused-ring (bicyclic) bond motifs is 3. The summed E-state index contributed by atoms with van der Waals surface area (Å²) in [4.78, 5) is 8.99. The fourth-order valence-corrected chi connectivity index (χ4v) is 4.55. The van der Waals surface area contributed by atoms with Crippen LogP contribution >= 0.6 is 11.6 Å². The summed E-state index contributed by atoms with van der Waals surface area (Å²) < 4.78 is 1.61. The van der Waals surface area contributed by atoms with Gasteiger partial charge in [-0.2, -0.15) is 0 Å². The number of aromatic nitrogens is 2. The molecule has 3 aromatic rings. The SMILES string of the molecule is C=C(N)N1CC2(C1)C(=C)N(Cc1nc3ccc(Cl)cc3n1N)c1ccccc12. The van der Waals surface area contributed by atoms with Crippen LogP contribution in [-0.4, -0.2) is 27.6 Å². The van der Waals surface area contributed by atoms with Crippen molar-refractivity contribution in [1.29, 1.82) is 0 Å². The Morgan fingerprint density at radius 3 is 2.71 bits per heavy atom. The maximum Gasteiger partial charge on any atom is 0.148 e. The van der Waals surface area contributed by atoms with Crippen LogP contribution in [-0.2, 0) is 12.0 Å². The first-order chi connectivity index (χ1) is 13.4. The van der Waals surface area contributed by atoms with E-state index in [1.165, 1.54) is 5.56 Å². The fraction of sp³-hybridized carbons (Fsp3) is 0.190. The van der Waals surface area contributed by atoms with Crippen LogP contribution in [0.5, 0.6) is 0 Å². The molecular formula is C21H21ClN6. The molecule has 1 fully saturated rings. The van der Waals surface area contributed by atoms with Gasteiger partial charge in [-0.3, -0.25) is 0 Å². The summed E-state index contributed by atoms with van der Waals surface area (Å²) in [6.07, 6.45) is 0. The van der Waals surface area contributed by atoms with E-state index in [1.54, 1.807) is 4.68 Å². The van der Waals surface area contributed by atoms with E-state index in [4.69, 9.17) is 28.2 Å². The summed E-state index contributed by atoms with van der Waals surface area (Å²) in [5, 5.41) is 0.636. The smallest absolute Gasteiger partial charge is 0.148 e. The van der Waals surface area contributed by atoms with E-state index in [0.29, 0.717) is 17.4 Å². The van der Waals surface area contributed by atoms with Crippen LogP contribution in [0.3, 0.4) is 0 Å². The lowest BCUT2D eigenvalue weighted by molar-refractivity contribution is 0.133. The average molecular weight is 393 g/mol. The number of hydrogen-bond acceptors (Lipinski definition) is 5. The molecule has 0 atom stereocenters. The monoisotopic (exact) mass is 392 g/mol. The molecule has 2 aliphatic heterocycles. The van der Waals surface area contributed by atoms with Gasteiger partial charge in [-0.25, -0.2) is 9.66 Å². The Morgan fingerprint density at radius 2 is 1.96 bits per heavy atom. The predicted octanol–water partition coefficient (Wildman–Crippen LogP) is 2.92. The van der Waals surface area contributed by atoms with Crippen LogP contribution in [0, 0.1) is 0 Å². The number of imidazole rings is 1. The highest BCUT2D eigenvalue weighted by molar-refractivity contribution is 6.31. The van der Waals surface area contributed by atoms with Gasteiger partial charge in [0.15, 0.2) is 0 Å². The zero-order valence-corrected chi connectivity index (χ0v) is 16.2. The largest absolute Gasteiger partial charge is 0.386 e. The normalized spacial score (nSPS) is 17.2. The van der Waals surface area contributed by atoms with Crippen LogP contribution in [0.15, 0.2) is 67.1 Å². The van der Waals surface area contributed by atoms with E-state index in [-0.39, 0.29) is 5.41 Å². The van der Waals surface area contributed by atoms with Gasteiger partial charge in [-0.05, 0) is 29.8 Å². The summed E-state index contributed by atoms with van der Waals surface area (Å²) in [6.45, 7) is 10.4. The number of para-hydroxylation sites is 1. The van der Waals surface area contributed by atoms with Gasteiger partial charge in [0.2, 0.25) is 0 Å². The number of benzene rings is 2. The van der Waals surface area contributed by atoms with E-state index in [2.05, 4.69) is 41.2 Å². The molecule has 6 nitrogen and oxygen atoms in total. The third-order valence-corrected chi connectivity index (χ3v) is 6.18. The molecular weight excluding hydrogens is 372 g/mol. The van der Waals surface area contributed by atoms with Crippen molar-refractivity contribution >= 4 is 28.3 Å². The molecule has 5 rings (SSSR count). The first-order valence-electron chi connectivity index (χ1n) is 9.08. The van der Waals surface area contributed by atoms with Crippen molar-refractivity contribution < 1.29 is 0 Å². The molecule has 3 heterocycles. The Bertz CT molecular complexity index is 1140. The number of nitrogens with zero attached hydrogens (tertiary/aromatic N) is 4. The molecule has 0 saturated carbocycles. The van der Waals surface area contributed by atoms with Crippen molar-refractivity contribution in [2.45, 2.75) is 12.0 Å². The third-order valence-electron chi connectivity index (χ3n) is 5.94. The lowest BCUT2D eigenvalue weighted by Gasteiger charge is -2.50. The Morgan fingerprint density at radius 1 is 1.21 bits per heavy atom. The molecule has 1 saturated heterocycles. The zero-order valence-electron chi connectivity index (χ0n) is 15.4. The summed E-state index contributed by atoms with van der Waals surface area (Å²) in [7, 11) is 0. The van der Waals surface area contributed by atoms with Crippen LogP contribution in [0.4, 0.5) is 5.69 Å². The van der Waals surface area contributed by atoms with Gasteiger partial charge >= 0.3 is 0 Å². The Hall–Kier alpha value is -3.12. The average Bonchev–Trinajstić information content (AvgIpc) is 3.07. The lowest BCUT2D eigenvalue weighted by atomic mass is 9.73. The highest BCUT2D eigenvalue weighted by atomic mass is 35.5. The number of rotatable bonds is 3. The first-order valence-corrected chi connectivity index (χ1v) is 9.46. The summed E-state index contributed by atoms with van der Waals surface area (Å²) in [6, 6.07) is 13.9. The summed E-state index contributed by atoms with van der Waals surface area (Å²) in [5.41, 5.74) is 10.8. The molecule has 7 heteroatoms. The molecule has 0 unspecified atom stereocenters. The highest BCUT2D eigenvalue weighted by Gasteiger charge is 2.54. The van der Waals surface area contributed by atoms with Gasteiger partial charge in [-0.1, -0.05) is 43.0 Å². The predicted molar refractivity (Wildman–Crippen MR) is 113 cm³/mol. The maximum absolute atomic E-state index is 6.33. The van der Waals surface area contributed by atoms with E-state index in [0.717, 1.165) is 41.3 Å². The van der Waals surface area contributed by atoms with Gasteiger partial charge in [0, 0.05) is 29.5 Å². The molecule has 0 bridgehead atoms. The standard InChI is InChI=1S/C21H21ClN6/c1-13-21(11-26(12-21)14(2)23)16-5-3-4-6-18(16)27(13)10-20-25-17-8-7-15(22)9-19(17)28(20)24/h3-9H,1-2,10-12,23-24H2. The highest BCUT2D eigenvalue weighted by Crippen LogP contribution is 2.53. The van der Waals surface area contributed by atoms with Crippen molar-refractivity contribution in [3.63, 3.8) is 0 Å². The van der Waals surface area contributed by atoms with E-state index in [9.17, 15) is 0 Å². The summed E-state index contributed by atoms with van der Waals surface area (Å²) >= 11 is 6.12. The topological polar surface area (TPSA) is 76.3 Å². The number of halogens is 1. The minimum Gasteiger partial charge on any atom is -0.386 e. The van der Waals surface area contributed by atoms with E-state index in [1.807, 2.05) is 24.3 Å². The van der Waals surface area contributed by atoms with Crippen LogP contribution in [0.1, 0.15) is 11.4 Å². The molecule has 0 radical (unpaired) electrons. The van der Waals surface area contributed by atoms with E-state index >= 15 is 0 Å². The van der Waals surface area contributed by atoms with Gasteiger partial charge < -0.3 is 21.4 Å². The van der Waals surface area contributed by atoms with Crippen molar-refractivity contribution in [3.05, 3.63) is 83.6 Å². The summed E-state index contributed by atoms with van der Waals surface area (Å²) in [5.74, 6) is 7.68. The Kier molecular flexibility index (Phi) is 3.46. The molecule has 1 spiro atoms. The Balaban J connectivity index is 1.54. The molecule has 142 valence electrons. The van der Waals surface area contributed by atoms with Gasteiger partial charge in [0.05, 0.1) is 28.8 Å².